The van der Waals surface area contributed by atoms with Crippen molar-refractivity contribution in [2.24, 2.45) is 0 Å². The number of rotatable bonds is 10. The van der Waals surface area contributed by atoms with Crippen LogP contribution in [-0.2, 0) is 9.59 Å². The lowest BCUT2D eigenvalue weighted by Gasteiger charge is -2.14. The first kappa shape index (κ1) is 20.4. The molecule has 1 aromatic carbocycles. The normalized spacial score (nSPS) is 12.0. The van der Waals surface area contributed by atoms with Crippen LogP contribution in [0.1, 0.15) is 13.3 Å². The molecule has 1 amide bonds. The molecule has 0 aromatic heterocycles. The number of hydrogen-bond acceptors (Lipinski definition) is 6. The van der Waals surface area contributed by atoms with Crippen molar-refractivity contribution in [3.63, 3.8) is 0 Å². The molecule has 0 aliphatic carbocycles. The second-order valence-corrected chi connectivity index (χ2v) is 5.87. The van der Waals surface area contributed by atoms with Gasteiger partial charge in [0.05, 0.1) is 12.3 Å². The first-order chi connectivity index (χ1) is 12.0. The minimum Gasteiger partial charge on any atom is -0.492 e. The molecule has 1 aromatic rings. The monoisotopic (exact) mass is 363 g/mol. The average Bonchev–Trinajstić information content (AvgIpc) is 2.60. The van der Waals surface area contributed by atoms with Crippen molar-refractivity contribution in [1.29, 1.82) is 5.26 Å². The molecule has 0 saturated heterocycles. The van der Waals surface area contributed by atoms with E-state index in [-0.39, 0.29) is 12.0 Å². The van der Waals surface area contributed by atoms with E-state index in [1.54, 1.807) is 30.3 Å². The van der Waals surface area contributed by atoms with Crippen LogP contribution in [0.25, 0.3) is 0 Å². The predicted molar refractivity (Wildman–Crippen MR) is 97.5 cm³/mol. The lowest BCUT2D eigenvalue weighted by atomic mass is 10.2. The van der Waals surface area contributed by atoms with Gasteiger partial charge in [-0.05, 0) is 37.5 Å². The number of ether oxygens (including phenoxy) is 1. The molecule has 0 aliphatic heterocycles. The molecule has 0 aliphatic rings. The second-order valence-electron chi connectivity index (χ2n) is 4.89. The highest BCUT2D eigenvalue weighted by atomic mass is 32.2. The molecular weight excluding hydrogens is 342 g/mol. The number of hydrogen-bond donors (Lipinski definition) is 3. The van der Waals surface area contributed by atoms with Crippen LogP contribution in [0, 0.1) is 11.3 Å². The Kier molecular flexibility index (Phi) is 8.96. The van der Waals surface area contributed by atoms with Gasteiger partial charge >= 0.3 is 5.97 Å². The molecule has 0 bridgehead atoms. The summed E-state index contributed by atoms with van der Waals surface area (Å²) in [4.78, 5) is 23.3. The Labute approximate surface area is 151 Å². The molecule has 25 heavy (non-hydrogen) atoms. The van der Waals surface area contributed by atoms with E-state index in [0.717, 1.165) is 0 Å². The van der Waals surface area contributed by atoms with E-state index >= 15 is 0 Å². The molecule has 7 nitrogen and oxygen atoms in total. The van der Waals surface area contributed by atoms with Crippen LogP contribution in [0.4, 0.5) is 5.69 Å². The highest BCUT2D eigenvalue weighted by Gasteiger charge is 2.21. The molecule has 3 N–H and O–H groups in total. The van der Waals surface area contributed by atoms with E-state index < -0.39 is 17.9 Å². The lowest BCUT2D eigenvalue weighted by molar-refractivity contribution is -0.141. The molecule has 1 rings (SSSR count). The third-order valence-corrected chi connectivity index (χ3v) is 3.78. The Morgan fingerprint density at radius 1 is 1.44 bits per heavy atom. The fraction of sp³-hybridized carbons (Fsp3) is 0.353. The molecule has 8 heteroatoms. The number of thioether (sulfide) groups is 1. The van der Waals surface area contributed by atoms with Crippen molar-refractivity contribution in [2.45, 2.75) is 19.4 Å². The minimum atomic E-state index is -1.13. The molecule has 0 heterocycles. The van der Waals surface area contributed by atoms with Crippen molar-refractivity contribution in [3.05, 3.63) is 36.0 Å². The van der Waals surface area contributed by atoms with Gasteiger partial charge in [0.25, 0.3) is 5.91 Å². The number of benzene rings is 1. The van der Waals surface area contributed by atoms with Gasteiger partial charge < -0.3 is 20.5 Å². The zero-order valence-corrected chi connectivity index (χ0v) is 14.9. The van der Waals surface area contributed by atoms with E-state index in [1.165, 1.54) is 18.0 Å². The SMILES string of the molecule is CCOc1ccccc1N/C=C(/C#N)C(=O)NC(CCSC)C(=O)O. The second kappa shape index (κ2) is 11.0. The molecule has 1 atom stereocenters. The average molecular weight is 363 g/mol. The molecule has 1 unspecified atom stereocenters. The fourth-order valence-electron chi connectivity index (χ4n) is 1.89. The largest absolute Gasteiger partial charge is 0.492 e. The predicted octanol–water partition coefficient (Wildman–Crippen LogP) is 2.23. The maximum Gasteiger partial charge on any atom is 0.326 e. The van der Waals surface area contributed by atoms with Crippen LogP contribution >= 0.6 is 11.8 Å². The van der Waals surface area contributed by atoms with E-state index in [9.17, 15) is 14.9 Å². The van der Waals surface area contributed by atoms with Crippen molar-refractivity contribution >= 4 is 29.3 Å². The summed E-state index contributed by atoms with van der Waals surface area (Å²) in [5.41, 5.74) is 0.378. The Morgan fingerprint density at radius 3 is 2.76 bits per heavy atom. The number of aliphatic carboxylic acids is 1. The van der Waals surface area contributed by atoms with Gasteiger partial charge in [0, 0.05) is 6.20 Å². The number of carboxylic acids is 1. The van der Waals surface area contributed by atoms with E-state index in [4.69, 9.17) is 9.84 Å². The summed E-state index contributed by atoms with van der Waals surface area (Å²) in [5.74, 6) is -0.697. The number of nitriles is 1. The van der Waals surface area contributed by atoms with Crippen LogP contribution in [-0.4, -0.2) is 41.6 Å². The zero-order valence-electron chi connectivity index (χ0n) is 14.1. The molecule has 0 radical (unpaired) electrons. The van der Waals surface area contributed by atoms with Gasteiger partial charge in [0.2, 0.25) is 0 Å². The van der Waals surface area contributed by atoms with E-state index in [1.807, 2.05) is 13.2 Å². The standard InChI is InChI=1S/C17H21N3O4S/c1-3-24-15-7-5-4-6-13(15)19-11-12(10-18)16(21)20-14(17(22)23)8-9-25-2/h4-7,11,14,19H,3,8-9H2,1-2H3,(H,20,21)(H,22,23)/b12-11-. The summed E-state index contributed by atoms with van der Waals surface area (Å²) >= 11 is 1.48. The number of amides is 1. The Morgan fingerprint density at radius 2 is 2.16 bits per heavy atom. The first-order valence-corrected chi connectivity index (χ1v) is 9.04. The highest BCUT2D eigenvalue weighted by Crippen LogP contribution is 2.23. The Hall–Kier alpha value is -2.66. The van der Waals surface area contributed by atoms with Gasteiger partial charge in [-0.3, -0.25) is 4.79 Å². The van der Waals surface area contributed by atoms with Gasteiger partial charge in [-0.25, -0.2) is 4.79 Å². The number of para-hydroxylation sites is 2. The van der Waals surface area contributed by atoms with Gasteiger partial charge in [0.15, 0.2) is 0 Å². The van der Waals surface area contributed by atoms with Gasteiger partial charge in [-0.15, -0.1) is 0 Å². The van der Waals surface area contributed by atoms with Crippen LogP contribution in [0.2, 0.25) is 0 Å². The van der Waals surface area contributed by atoms with Crippen LogP contribution in [0.3, 0.4) is 0 Å². The summed E-state index contributed by atoms with van der Waals surface area (Å²) in [6.07, 6.45) is 3.36. The summed E-state index contributed by atoms with van der Waals surface area (Å²) in [6.45, 7) is 2.32. The van der Waals surface area contributed by atoms with Crippen LogP contribution in [0.5, 0.6) is 5.75 Å². The molecule has 0 fully saturated rings. The number of anilines is 1. The molecule has 134 valence electrons. The fourth-order valence-corrected chi connectivity index (χ4v) is 2.37. The van der Waals surface area contributed by atoms with Gasteiger partial charge in [-0.1, -0.05) is 12.1 Å². The van der Waals surface area contributed by atoms with Crippen molar-refractivity contribution < 1.29 is 19.4 Å². The molecule has 0 saturated carbocycles. The molecule has 0 spiro atoms. The Bertz CT molecular complexity index is 670. The smallest absolute Gasteiger partial charge is 0.326 e. The van der Waals surface area contributed by atoms with Gasteiger partial charge in [0.1, 0.15) is 23.4 Å². The highest BCUT2D eigenvalue weighted by molar-refractivity contribution is 7.98. The summed E-state index contributed by atoms with van der Waals surface area (Å²) in [5, 5.41) is 23.5. The van der Waals surface area contributed by atoms with Crippen LogP contribution in [0.15, 0.2) is 36.0 Å². The lowest BCUT2D eigenvalue weighted by Crippen LogP contribution is -2.41. The quantitative estimate of drug-likeness (QED) is 0.432. The van der Waals surface area contributed by atoms with Crippen LogP contribution < -0.4 is 15.4 Å². The topological polar surface area (TPSA) is 111 Å². The van der Waals surface area contributed by atoms with Crippen molar-refractivity contribution in [3.8, 4) is 11.8 Å². The van der Waals surface area contributed by atoms with E-state index in [0.29, 0.717) is 23.8 Å². The number of nitrogens with zero attached hydrogens (tertiary/aromatic N) is 1. The Balaban J connectivity index is 2.83. The summed E-state index contributed by atoms with van der Waals surface area (Å²) in [7, 11) is 0. The van der Waals surface area contributed by atoms with Gasteiger partial charge in [-0.2, -0.15) is 17.0 Å². The first-order valence-electron chi connectivity index (χ1n) is 7.64. The van der Waals surface area contributed by atoms with E-state index in [2.05, 4.69) is 10.6 Å². The van der Waals surface area contributed by atoms with Crippen molar-refractivity contribution in [2.75, 3.05) is 23.9 Å². The maximum absolute atomic E-state index is 12.1. The van der Waals surface area contributed by atoms with Crippen molar-refractivity contribution in [1.82, 2.24) is 5.32 Å². The number of carboxylic acid groups (broad SMARTS) is 1. The maximum atomic E-state index is 12.1. The third-order valence-electron chi connectivity index (χ3n) is 3.14. The third kappa shape index (κ3) is 6.77. The summed E-state index contributed by atoms with van der Waals surface area (Å²) < 4.78 is 5.45. The number of nitrogens with one attached hydrogen (secondary N) is 2. The molecular formula is C17H21N3O4S. The summed E-state index contributed by atoms with van der Waals surface area (Å²) in [6, 6.07) is 7.83. The number of carbonyl (C=O) groups is 2. The number of carbonyl (C=O) groups excluding carboxylic acids is 1. The minimum absolute atomic E-state index is 0.221. The zero-order chi connectivity index (χ0) is 18.7.